The van der Waals surface area contributed by atoms with E-state index in [2.05, 4.69) is 4.98 Å². The zero-order valence-corrected chi connectivity index (χ0v) is 7.00. The Morgan fingerprint density at radius 1 is 1.58 bits per heavy atom. The molecular formula is C9H11FN2. The molecule has 1 aromatic rings. The fourth-order valence-electron chi connectivity index (χ4n) is 1.62. The summed E-state index contributed by atoms with van der Waals surface area (Å²) < 4.78 is 13.8. The second-order valence-corrected chi connectivity index (χ2v) is 3.38. The number of pyridine rings is 1. The van der Waals surface area contributed by atoms with Gasteiger partial charge in [-0.15, -0.1) is 0 Å². The summed E-state index contributed by atoms with van der Waals surface area (Å²) in [6, 6.07) is 3.56. The van der Waals surface area contributed by atoms with E-state index in [1.54, 1.807) is 24.5 Å². The summed E-state index contributed by atoms with van der Waals surface area (Å²) in [4.78, 5) is 5.85. The van der Waals surface area contributed by atoms with Crippen LogP contribution in [0.25, 0.3) is 0 Å². The van der Waals surface area contributed by atoms with Crippen molar-refractivity contribution in [3.05, 3.63) is 30.1 Å². The molecular weight excluding hydrogens is 155 g/mol. The van der Waals surface area contributed by atoms with Gasteiger partial charge in [0.2, 0.25) is 0 Å². The predicted molar refractivity (Wildman–Crippen MR) is 44.5 cm³/mol. The second kappa shape index (κ2) is 2.52. The number of hydrogen-bond acceptors (Lipinski definition) is 2. The Balaban J connectivity index is 2.21. The number of halogens is 1. The zero-order chi connectivity index (χ0) is 8.60. The van der Waals surface area contributed by atoms with Gasteiger partial charge in [0, 0.05) is 31.0 Å². The Labute approximate surface area is 71.0 Å². The Morgan fingerprint density at radius 2 is 2.33 bits per heavy atom. The average molecular weight is 166 g/mol. The number of alkyl halides is 1. The van der Waals surface area contributed by atoms with Crippen molar-refractivity contribution in [3.63, 3.8) is 0 Å². The molecule has 1 saturated heterocycles. The van der Waals surface area contributed by atoms with Crippen LogP contribution in [-0.2, 0) is 5.67 Å². The minimum atomic E-state index is -1.15. The lowest BCUT2D eigenvalue weighted by atomic mass is 9.90. The molecule has 0 spiro atoms. The van der Waals surface area contributed by atoms with Crippen LogP contribution in [0.15, 0.2) is 24.5 Å². The smallest absolute Gasteiger partial charge is 0.162 e. The summed E-state index contributed by atoms with van der Waals surface area (Å²) >= 11 is 0. The molecule has 0 N–H and O–H groups in total. The molecule has 1 aliphatic heterocycles. The first-order valence-corrected chi connectivity index (χ1v) is 3.99. The first-order valence-electron chi connectivity index (χ1n) is 3.99. The van der Waals surface area contributed by atoms with Crippen molar-refractivity contribution in [2.24, 2.45) is 0 Å². The highest BCUT2D eigenvalue weighted by Gasteiger charge is 2.43. The first kappa shape index (κ1) is 7.68. The van der Waals surface area contributed by atoms with Crippen LogP contribution in [0.5, 0.6) is 0 Å². The van der Waals surface area contributed by atoms with E-state index in [-0.39, 0.29) is 0 Å². The number of nitrogens with zero attached hydrogens (tertiary/aromatic N) is 2. The molecule has 0 unspecified atom stereocenters. The SMILES string of the molecule is CN1CC(F)(c2cccnc2)C1. The first-order chi connectivity index (χ1) is 5.71. The van der Waals surface area contributed by atoms with E-state index in [1.165, 1.54) is 0 Å². The van der Waals surface area contributed by atoms with Gasteiger partial charge in [-0.1, -0.05) is 6.07 Å². The van der Waals surface area contributed by atoms with Crippen molar-refractivity contribution in [2.45, 2.75) is 5.67 Å². The Hall–Kier alpha value is -0.960. The number of likely N-dealkylation sites (tertiary alicyclic amines) is 1. The van der Waals surface area contributed by atoms with E-state index < -0.39 is 5.67 Å². The highest BCUT2D eigenvalue weighted by molar-refractivity contribution is 5.22. The lowest BCUT2D eigenvalue weighted by Gasteiger charge is -2.42. The van der Waals surface area contributed by atoms with Gasteiger partial charge in [0.1, 0.15) is 0 Å². The molecule has 0 saturated carbocycles. The molecule has 1 fully saturated rings. The van der Waals surface area contributed by atoms with Crippen LogP contribution in [0, 0.1) is 0 Å². The van der Waals surface area contributed by atoms with Gasteiger partial charge >= 0.3 is 0 Å². The molecule has 1 aliphatic rings. The number of hydrogen-bond donors (Lipinski definition) is 0. The molecule has 2 nitrogen and oxygen atoms in total. The fraction of sp³-hybridized carbons (Fsp3) is 0.444. The molecule has 64 valence electrons. The molecule has 2 rings (SSSR count). The molecule has 0 bridgehead atoms. The lowest BCUT2D eigenvalue weighted by molar-refractivity contribution is -0.0197. The highest BCUT2D eigenvalue weighted by Crippen LogP contribution is 2.34. The van der Waals surface area contributed by atoms with Crippen molar-refractivity contribution in [1.29, 1.82) is 0 Å². The Kier molecular flexibility index (Phi) is 1.61. The topological polar surface area (TPSA) is 16.1 Å². The number of aromatic nitrogens is 1. The van der Waals surface area contributed by atoms with E-state index in [9.17, 15) is 4.39 Å². The summed E-state index contributed by atoms with van der Waals surface area (Å²) in [5, 5.41) is 0. The minimum absolute atomic E-state index is 0.485. The normalized spacial score (nSPS) is 21.8. The molecule has 0 amide bonds. The van der Waals surface area contributed by atoms with Crippen molar-refractivity contribution < 1.29 is 4.39 Å². The van der Waals surface area contributed by atoms with E-state index in [4.69, 9.17) is 0 Å². The van der Waals surface area contributed by atoms with E-state index in [0.29, 0.717) is 18.7 Å². The molecule has 0 atom stereocenters. The lowest BCUT2D eigenvalue weighted by Crippen LogP contribution is -2.54. The van der Waals surface area contributed by atoms with Crippen LogP contribution in [0.1, 0.15) is 5.56 Å². The van der Waals surface area contributed by atoms with Gasteiger partial charge in [0.15, 0.2) is 5.67 Å². The Morgan fingerprint density at radius 3 is 2.83 bits per heavy atom. The summed E-state index contributed by atoms with van der Waals surface area (Å²) in [5.41, 5.74) is -0.452. The molecule has 0 radical (unpaired) electrons. The molecule has 2 heterocycles. The van der Waals surface area contributed by atoms with E-state index in [1.807, 2.05) is 11.9 Å². The molecule has 0 aliphatic carbocycles. The van der Waals surface area contributed by atoms with Gasteiger partial charge in [-0.3, -0.25) is 9.88 Å². The third-order valence-corrected chi connectivity index (χ3v) is 2.22. The summed E-state index contributed by atoms with van der Waals surface area (Å²) in [7, 11) is 1.91. The maximum atomic E-state index is 13.8. The average Bonchev–Trinajstić information content (AvgIpc) is 2.04. The third kappa shape index (κ3) is 1.10. The van der Waals surface area contributed by atoms with Gasteiger partial charge < -0.3 is 0 Å². The maximum absolute atomic E-state index is 13.8. The quantitative estimate of drug-likeness (QED) is 0.623. The largest absolute Gasteiger partial charge is 0.299 e. The second-order valence-electron chi connectivity index (χ2n) is 3.38. The van der Waals surface area contributed by atoms with Gasteiger partial charge in [0.05, 0.1) is 0 Å². The van der Waals surface area contributed by atoms with Crippen molar-refractivity contribution in [1.82, 2.24) is 9.88 Å². The summed E-state index contributed by atoms with van der Waals surface area (Å²) in [6.45, 7) is 0.970. The van der Waals surface area contributed by atoms with E-state index >= 15 is 0 Å². The number of rotatable bonds is 1. The zero-order valence-electron chi connectivity index (χ0n) is 7.00. The summed E-state index contributed by atoms with van der Waals surface area (Å²) in [6.07, 6.45) is 3.27. The van der Waals surface area contributed by atoms with Crippen LogP contribution in [0.4, 0.5) is 4.39 Å². The standard InChI is InChI=1S/C9H11FN2/c1-12-6-9(10,7-12)8-3-2-4-11-5-8/h2-5H,6-7H2,1H3. The molecule has 0 aromatic carbocycles. The van der Waals surface area contributed by atoms with Crippen molar-refractivity contribution in [2.75, 3.05) is 20.1 Å². The van der Waals surface area contributed by atoms with Crippen LogP contribution >= 0.6 is 0 Å². The molecule has 12 heavy (non-hydrogen) atoms. The van der Waals surface area contributed by atoms with Crippen molar-refractivity contribution >= 4 is 0 Å². The van der Waals surface area contributed by atoms with Gasteiger partial charge in [0.25, 0.3) is 0 Å². The molecule has 1 aromatic heterocycles. The number of likely N-dealkylation sites (N-methyl/N-ethyl adjacent to an activating group) is 1. The van der Waals surface area contributed by atoms with Gasteiger partial charge in [-0.25, -0.2) is 4.39 Å². The van der Waals surface area contributed by atoms with Crippen LogP contribution in [0.2, 0.25) is 0 Å². The molecule has 3 heteroatoms. The van der Waals surface area contributed by atoms with Crippen LogP contribution < -0.4 is 0 Å². The minimum Gasteiger partial charge on any atom is -0.299 e. The summed E-state index contributed by atoms with van der Waals surface area (Å²) in [5.74, 6) is 0. The van der Waals surface area contributed by atoms with Crippen molar-refractivity contribution in [3.8, 4) is 0 Å². The monoisotopic (exact) mass is 166 g/mol. The predicted octanol–water partition coefficient (Wildman–Crippen LogP) is 1.19. The maximum Gasteiger partial charge on any atom is 0.162 e. The van der Waals surface area contributed by atoms with Crippen LogP contribution in [0.3, 0.4) is 0 Å². The van der Waals surface area contributed by atoms with Crippen LogP contribution in [-0.4, -0.2) is 30.0 Å². The third-order valence-electron chi connectivity index (χ3n) is 2.22. The Bertz CT molecular complexity index is 267. The fourth-order valence-corrected chi connectivity index (χ4v) is 1.62. The van der Waals surface area contributed by atoms with Gasteiger partial charge in [-0.05, 0) is 13.1 Å². The van der Waals surface area contributed by atoms with Gasteiger partial charge in [-0.2, -0.15) is 0 Å². The van der Waals surface area contributed by atoms with E-state index in [0.717, 1.165) is 0 Å². The highest BCUT2D eigenvalue weighted by atomic mass is 19.1.